The third kappa shape index (κ3) is 7.16. The molecule has 1 aromatic rings. The molecule has 1 unspecified atom stereocenters. The van der Waals surface area contributed by atoms with Crippen molar-refractivity contribution in [2.24, 2.45) is 0 Å². The third-order valence-corrected chi connectivity index (χ3v) is 3.20. The van der Waals surface area contributed by atoms with E-state index in [1.165, 1.54) is 25.7 Å². The van der Waals surface area contributed by atoms with Crippen LogP contribution in [-0.4, -0.2) is 19.3 Å². The molecule has 0 saturated carbocycles. The molecule has 0 aliphatic heterocycles. The lowest BCUT2D eigenvalue weighted by molar-refractivity contribution is 0.0384. The minimum Gasteiger partial charge on any atom is -0.491 e. The van der Waals surface area contributed by atoms with E-state index in [0.29, 0.717) is 24.9 Å². The molecule has 0 aromatic heterocycles. The van der Waals surface area contributed by atoms with E-state index >= 15 is 0 Å². The fourth-order valence-electron chi connectivity index (χ4n) is 1.98. The molecule has 0 amide bonds. The lowest BCUT2D eigenvalue weighted by Crippen LogP contribution is -2.14. The molecular weight excluding hydrogens is 250 g/mol. The van der Waals surface area contributed by atoms with Crippen LogP contribution in [-0.2, 0) is 4.74 Å². The fraction of sp³-hybridized carbons (Fsp3) is 0.588. The zero-order valence-corrected chi connectivity index (χ0v) is 12.6. The molecule has 0 fully saturated rings. The molecule has 110 valence electrons. The summed E-state index contributed by atoms with van der Waals surface area (Å²) in [5.74, 6) is 0.781. The van der Waals surface area contributed by atoms with E-state index in [0.717, 1.165) is 12.2 Å². The van der Waals surface area contributed by atoms with Crippen molar-refractivity contribution in [1.82, 2.24) is 0 Å². The van der Waals surface area contributed by atoms with Crippen LogP contribution in [0.1, 0.15) is 51.5 Å². The zero-order chi connectivity index (χ0) is 14.6. The summed E-state index contributed by atoms with van der Waals surface area (Å²) in [6.07, 6.45) is 6.55. The third-order valence-electron chi connectivity index (χ3n) is 3.20. The summed E-state index contributed by atoms with van der Waals surface area (Å²) in [5.41, 5.74) is 0.648. The van der Waals surface area contributed by atoms with Gasteiger partial charge in [0.15, 0.2) is 0 Å². The second kappa shape index (κ2) is 10.3. The van der Waals surface area contributed by atoms with Gasteiger partial charge in [0, 0.05) is 0 Å². The maximum absolute atomic E-state index is 8.70. The van der Waals surface area contributed by atoms with Gasteiger partial charge in [-0.05, 0) is 37.6 Å². The van der Waals surface area contributed by atoms with Gasteiger partial charge in [-0.25, -0.2) is 0 Å². The van der Waals surface area contributed by atoms with Crippen molar-refractivity contribution in [3.63, 3.8) is 0 Å². The highest BCUT2D eigenvalue weighted by atomic mass is 16.5. The quantitative estimate of drug-likeness (QED) is 0.597. The Labute approximate surface area is 122 Å². The Morgan fingerprint density at radius 2 is 1.85 bits per heavy atom. The molecule has 0 bridgehead atoms. The van der Waals surface area contributed by atoms with E-state index in [9.17, 15) is 0 Å². The predicted molar refractivity (Wildman–Crippen MR) is 80.8 cm³/mol. The number of hydrogen-bond donors (Lipinski definition) is 0. The van der Waals surface area contributed by atoms with Gasteiger partial charge in [0.1, 0.15) is 12.4 Å². The zero-order valence-electron chi connectivity index (χ0n) is 12.6. The summed E-state index contributed by atoms with van der Waals surface area (Å²) < 4.78 is 11.3. The second-order valence-corrected chi connectivity index (χ2v) is 5.02. The van der Waals surface area contributed by atoms with E-state index in [-0.39, 0.29) is 0 Å². The molecule has 3 nitrogen and oxygen atoms in total. The van der Waals surface area contributed by atoms with Crippen LogP contribution < -0.4 is 4.74 Å². The molecule has 1 rings (SSSR count). The van der Waals surface area contributed by atoms with Crippen LogP contribution >= 0.6 is 0 Å². The Kier molecular flexibility index (Phi) is 8.49. The van der Waals surface area contributed by atoms with Gasteiger partial charge in [0.25, 0.3) is 0 Å². The van der Waals surface area contributed by atoms with Crippen molar-refractivity contribution >= 4 is 0 Å². The van der Waals surface area contributed by atoms with Crippen LogP contribution in [0, 0.1) is 11.3 Å². The first-order chi connectivity index (χ1) is 9.76. The topological polar surface area (TPSA) is 42.2 Å². The molecular formula is C17H25NO2. The number of ether oxygens (including phenoxy) is 2. The number of benzene rings is 1. The van der Waals surface area contributed by atoms with Crippen LogP contribution in [0.3, 0.4) is 0 Å². The molecule has 0 N–H and O–H groups in total. The Balaban J connectivity index is 2.07. The SMILES string of the molecule is CCCCCCC(C)OCCOc1ccc(C#N)cc1. The van der Waals surface area contributed by atoms with Crippen LogP contribution in [0.4, 0.5) is 0 Å². The molecule has 20 heavy (non-hydrogen) atoms. The molecule has 0 aliphatic rings. The molecule has 0 saturated heterocycles. The minimum atomic E-state index is 0.302. The molecule has 0 aliphatic carbocycles. The number of rotatable bonds is 10. The summed E-state index contributed by atoms with van der Waals surface area (Å²) in [5, 5.41) is 8.70. The van der Waals surface area contributed by atoms with Crippen molar-refractivity contribution < 1.29 is 9.47 Å². The van der Waals surface area contributed by atoms with Crippen molar-refractivity contribution in [2.75, 3.05) is 13.2 Å². The van der Waals surface area contributed by atoms with E-state index in [4.69, 9.17) is 14.7 Å². The van der Waals surface area contributed by atoms with Crippen molar-refractivity contribution in [3.8, 4) is 11.8 Å². The van der Waals surface area contributed by atoms with Crippen molar-refractivity contribution in [3.05, 3.63) is 29.8 Å². The summed E-state index contributed by atoms with van der Waals surface area (Å²) in [7, 11) is 0. The molecule has 3 heteroatoms. The fourth-order valence-corrected chi connectivity index (χ4v) is 1.98. The van der Waals surface area contributed by atoms with Crippen LogP contribution in [0.25, 0.3) is 0 Å². The van der Waals surface area contributed by atoms with E-state index in [1.807, 2.05) is 12.1 Å². The summed E-state index contributed by atoms with van der Waals surface area (Å²) in [6.45, 7) is 5.49. The van der Waals surface area contributed by atoms with Gasteiger partial charge in [-0.15, -0.1) is 0 Å². The van der Waals surface area contributed by atoms with E-state index < -0.39 is 0 Å². The van der Waals surface area contributed by atoms with Gasteiger partial charge in [0.2, 0.25) is 0 Å². The number of nitrogens with zero attached hydrogens (tertiary/aromatic N) is 1. The summed E-state index contributed by atoms with van der Waals surface area (Å²) in [6, 6.07) is 9.22. The predicted octanol–water partition coefficient (Wildman–Crippen LogP) is 4.31. The summed E-state index contributed by atoms with van der Waals surface area (Å²) >= 11 is 0. The lowest BCUT2D eigenvalue weighted by atomic mass is 10.1. The first-order valence-corrected chi connectivity index (χ1v) is 7.50. The highest BCUT2D eigenvalue weighted by Gasteiger charge is 2.02. The highest BCUT2D eigenvalue weighted by molar-refractivity contribution is 5.34. The van der Waals surface area contributed by atoms with Crippen molar-refractivity contribution in [2.45, 2.75) is 52.1 Å². The Bertz CT molecular complexity index is 394. The Morgan fingerprint density at radius 1 is 1.10 bits per heavy atom. The number of nitriles is 1. The highest BCUT2D eigenvalue weighted by Crippen LogP contribution is 2.12. The first kappa shape index (κ1) is 16.5. The van der Waals surface area contributed by atoms with Gasteiger partial charge in [-0.2, -0.15) is 5.26 Å². The van der Waals surface area contributed by atoms with Crippen LogP contribution in [0.15, 0.2) is 24.3 Å². The van der Waals surface area contributed by atoms with Crippen molar-refractivity contribution in [1.29, 1.82) is 5.26 Å². The maximum atomic E-state index is 8.70. The number of hydrogen-bond acceptors (Lipinski definition) is 3. The number of unbranched alkanes of at least 4 members (excludes halogenated alkanes) is 3. The first-order valence-electron chi connectivity index (χ1n) is 7.50. The molecule has 0 heterocycles. The molecule has 0 spiro atoms. The van der Waals surface area contributed by atoms with Gasteiger partial charge < -0.3 is 9.47 Å². The van der Waals surface area contributed by atoms with Gasteiger partial charge >= 0.3 is 0 Å². The van der Waals surface area contributed by atoms with Gasteiger partial charge in [0.05, 0.1) is 24.3 Å². The lowest BCUT2D eigenvalue weighted by Gasteiger charge is -2.13. The van der Waals surface area contributed by atoms with Crippen LogP contribution in [0.5, 0.6) is 5.75 Å². The smallest absolute Gasteiger partial charge is 0.119 e. The maximum Gasteiger partial charge on any atom is 0.119 e. The Hall–Kier alpha value is -1.53. The van der Waals surface area contributed by atoms with E-state index in [2.05, 4.69) is 19.9 Å². The monoisotopic (exact) mass is 275 g/mol. The van der Waals surface area contributed by atoms with Crippen LogP contribution in [0.2, 0.25) is 0 Å². The normalized spacial score (nSPS) is 11.8. The standard InChI is InChI=1S/C17H25NO2/c1-3-4-5-6-7-15(2)19-12-13-20-17-10-8-16(14-18)9-11-17/h8-11,15H,3-7,12-13H2,1-2H3. The second-order valence-electron chi connectivity index (χ2n) is 5.02. The average Bonchev–Trinajstić information content (AvgIpc) is 2.49. The molecule has 1 aromatic carbocycles. The summed E-state index contributed by atoms with van der Waals surface area (Å²) in [4.78, 5) is 0. The van der Waals surface area contributed by atoms with E-state index in [1.54, 1.807) is 12.1 Å². The average molecular weight is 275 g/mol. The Morgan fingerprint density at radius 3 is 2.50 bits per heavy atom. The largest absolute Gasteiger partial charge is 0.491 e. The minimum absolute atomic E-state index is 0.302. The molecule has 1 atom stereocenters. The van der Waals surface area contributed by atoms with Gasteiger partial charge in [-0.1, -0.05) is 32.6 Å². The van der Waals surface area contributed by atoms with Gasteiger partial charge in [-0.3, -0.25) is 0 Å². The molecule has 0 radical (unpaired) electrons.